The Morgan fingerprint density at radius 1 is 1.08 bits per heavy atom. The number of aliphatic hydroxyl groups excluding tert-OH is 1. The minimum atomic E-state index is -0.326. The molecule has 0 aromatic rings. The molecular formula is C10H22O2. The van der Waals surface area contributed by atoms with Gasteiger partial charge in [-0.15, -0.1) is 0 Å². The van der Waals surface area contributed by atoms with Crippen molar-refractivity contribution in [2.24, 2.45) is 11.8 Å². The van der Waals surface area contributed by atoms with Gasteiger partial charge in [-0.3, -0.25) is 0 Å². The minimum absolute atomic E-state index is 0.207. The highest BCUT2D eigenvalue weighted by Gasteiger charge is 2.17. The molecule has 2 nitrogen and oxygen atoms in total. The van der Waals surface area contributed by atoms with E-state index in [9.17, 15) is 5.11 Å². The summed E-state index contributed by atoms with van der Waals surface area (Å²) >= 11 is 0. The largest absolute Gasteiger partial charge is 0.390 e. The highest BCUT2D eigenvalue weighted by molar-refractivity contribution is 4.66. The number of aliphatic hydroxyl groups is 1. The van der Waals surface area contributed by atoms with Crippen LogP contribution in [0.1, 0.15) is 34.6 Å². The molecule has 0 rings (SSSR count). The average Bonchev–Trinajstić information content (AvgIpc) is 1.98. The molecule has 0 heterocycles. The minimum Gasteiger partial charge on any atom is -0.390 e. The molecule has 0 aliphatic heterocycles. The Morgan fingerprint density at radius 2 is 1.58 bits per heavy atom. The molecular weight excluding hydrogens is 152 g/mol. The normalized spacial score (nSPS) is 17.0. The first-order chi connectivity index (χ1) is 5.45. The second kappa shape index (κ2) is 5.55. The van der Waals surface area contributed by atoms with Crippen LogP contribution in [0.3, 0.4) is 0 Å². The SMILES string of the molecule is CC(C)OCC(O)C(C)C(C)C. The summed E-state index contributed by atoms with van der Waals surface area (Å²) in [6.45, 7) is 10.7. The molecule has 0 saturated heterocycles. The van der Waals surface area contributed by atoms with Gasteiger partial charge in [0.05, 0.1) is 18.8 Å². The summed E-state index contributed by atoms with van der Waals surface area (Å²) in [5, 5.41) is 9.61. The highest BCUT2D eigenvalue weighted by Crippen LogP contribution is 2.14. The van der Waals surface area contributed by atoms with E-state index in [1.165, 1.54) is 0 Å². The summed E-state index contributed by atoms with van der Waals surface area (Å²) in [5.74, 6) is 0.819. The van der Waals surface area contributed by atoms with Gasteiger partial charge in [-0.05, 0) is 25.7 Å². The van der Waals surface area contributed by atoms with Gasteiger partial charge >= 0.3 is 0 Å². The Bertz CT molecular complexity index is 110. The van der Waals surface area contributed by atoms with Crippen molar-refractivity contribution in [3.05, 3.63) is 0 Å². The average molecular weight is 174 g/mol. The van der Waals surface area contributed by atoms with Gasteiger partial charge in [0.2, 0.25) is 0 Å². The summed E-state index contributed by atoms with van der Waals surface area (Å²) in [6, 6.07) is 0. The second-order valence-corrected chi connectivity index (χ2v) is 4.05. The zero-order chi connectivity index (χ0) is 9.72. The Hall–Kier alpha value is -0.0800. The molecule has 0 aliphatic carbocycles. The van der Waals surface area contributed by atoms with Crippen molar-refractivity contribution in [2.45, 2.75) is 46.8 Å². The van der Waals surface area contributed by atoms with E-state index in [0.717, 1.165) is 0 Å². The van der Waals surface area contributed by atoms with Crippen LogP contribution in [-0.2, 0) is 4.74 Å². The smallest absolute Gasteiger partial charge is 0.0801 e. The van der Waals surface area contributed by atoms with Gasteiger partial charge in [-0.2, -0.15) is 0 Å². The van der Waals surface area contributed by atoms with Gasteiger partial charge in [0.15, 0.2) is 0 Å². The second-order valence-electron chi connectivity index (χ2n) is 4.05. The van der Waals surface area contributed by atoms with Gasteiger partial charge in [-0.25, -0.2) is 0 Å². The van der Waals surface area contributed by atoms with Crippen molar-refractivity contribution in [3.8, 4) is 0 Å². The fourth-order valence-corrected chi connectivity index (χ4v) is 0.887. The van der Waals surface area contributed by atoms with E-state index in [1.807, 2.05) is 13.8 Å². The van der Waals surface area contributed by atoms with Crippen LogP contribution in [0, 0.1) is 11.8 Å². The Kier molecular flexibility index (Phi) is 5.51. The van der Waals surface area contributed by atoms with Crippen molar-refractivity contribution >= 4 is 0 Å². The third kappa shape index (κ3) is 4.73. The molecule has 12 heavy (non-hydrogen) atoms. The number of ether oxygens (including phenoxy) is 1. The number of hydrogen-bond acceptors (Lipinski definition) is 2. The predicted molar refractivity (Wildman–Crippen MR) is 51.1 cm³/mol. The van der Waals surface area contributed by atoms with Crippen LogP contribution in [0.15, 0.2) is 0 Å². The van der Waals surface area contributed by atoms with Crippen LogP contribution in [0.2, 0.25) is 0 Å². The zero-order valence-electron chi connectivity index (χ0n) is 8.87. The van der Waals surface area contributed by atoms with E-state index in [0.29, 0.717) is 18.4 Å². The van der Waals surface area contributed by atoms with Crippen LogP contribution >= 0.6 is 0 Å². The molecule has 0 bridgehead atoms. The monoisotopic (exact) mass is 174 g/mol. The standard InChI is InChI=1S/C10H22O2/c1-7(2)9(5)10(11)6-12-8(3)4/h7-11H,6H2,1-5H3. The van der Waals surface area contributed by atoms with E-state index >= 15 is 0 Å². The molecule has 0 spiro atoms. The van der Waals surface area contributed by atoms with E-state index in [4.69, 9.17) is 4.74 Å². The molecule has 0 amide bonds. The molecule has 0 radical (unpaired) electrons. The van der Waals surface area contributed by atoms with Crippen molar-refractivity contribution in [1.29, 1.82) is 0 Å². The van der Waals surface area contributed by atoms with Gasteiger partial charge in [0.25, 0.3) is 0 Å². The first-order valence-electron chi connectivity index (χ1n) is 4.74. The molecule has 74 valence electrons. The molecule has 0 aromatic carbocycles. The fraction of sp³-hybridized carbons (Fsp3) is 1.00. The van der Waals surface area contributed by atoms with Crippen LogP contribution in [-0.4, -0.2) is 23.9 Å². The summed E-state index contributed by atoms with van der Waals surface area (Å²) in [6.07, 6.45) is -0.119. The molecule has 0 saturated carbocycles. The van der Waals surface area contributed by atoms with Gasteiger partial charge in [0, 0.05) is 0 Å². The van der Waals surface area contributed by atoms with Crippen molar-refractivity contribution in [3.63, 3.8) is 0 Å². The van der Waals surface area contributed by atoms with Gasteiger partial charge in [-0.1, -0.05) is 20.8 Å². The van der Waals surface area contributed by atoms with E-state index in [-0.39, 0.29) is 12.2 Å². The summed E-state index contributed by atoms with van der Waals surface area (Å²) in [4.78, 5) is 0. The predicted octanol–water partition coefficient (Wildman–Crippen LogP) is 2.06. The van der Waals surface area contributed by atoms with Crippen molar-refractivity contribution in [1.82, 2.24) is 0 Å². The maximum Gasteiger partial charge on any atom is 0.0801 e. The van der Waals surface area contributed by atoms with Crippen LogP contribution in [0.4, 0.5) is 0 Å². The topological polar surface area (TPSA) is 29.5 Å². The van der Waals surface area contributed by atoms with E-state index in [1.54, 1.807) is 0 Å². The lowest BCUT2D eigenvalue weighted by molar-refractivity contribution is -0.0247. The fourth-order valence-electron chi connectivity index (χ4n) is 0.887. The van der Waals surface area contributed by atoms with Crippen LogP contribution in [0.5, 0.6) is 0 Å². The Morgan fingerprint density at radius 3 is 1.92 bits per heavy atom. The van der Waals surface area contributed by atoms with Crippen molar-refractivity contribution < 1.29 is 9.84 Å². The third-order valence-electron chi connectivity index (χ3n) is 2.26. The van der Waals surface area contributed by atoms with E-state index in [2.05, 4.69) is 20.8 Å². The lowest BCUT2D eigenvalue weighted by Gasteiger charge is -2.22. The highest BCUT2D eigenvalue weighted by atomic mass is 16.5. The number of hydrogen-bond donors (Lipinski definition) is 1. The maximum absolute atomic E-state index is 9.61. The molecule has 2 atom stereocenters. The molecule has 1 N–H and O–H groups in total. The molecule has 2 heteroatoms. The molecule has 0 fully saturated rings. The third-order valence-corrected chi connectivity index (χ3v) is 2.26. The van der Waals surface area contributed by atoms with Gasteiger partial charge in [0.1, 0.15) is 0 Å². The lowest BCUT2D eigenvalue weighted by atomic mass is 9.93. The zero-order valence-corrected chi connectivity index (χ0v) is 8.87. The Balaban J connectivity index is 3.64. The van der Waals surface area contributed by atoms with Crippen LogP contribution < -0.4 is 0 Å². The quantitative estimate of drug-likeness (QED) is 0.691. The van der Waals surface area contributed by atoms with Crippen molar-refractivity contribution in [2.75, 3.05) is 6.61 Å². The maximum atomic E-state index is 9.61. The first kappa shape index (κ1) is 11.9. The number of rotatable bonds is 5. The summed E-state index contributed by atoms with van der Waals surface area (Å²) < 4.78 is 5.32. The van der Waals surface area contributed by atoms with E-state index < -0.39 is 0 Å². The first-order valence-corrected chi connectivity index (χ1v) is 4.74. The van der Waals surface area contributed by atoms with Crippen LogP contribution in [0.25, 0.3) is 0 Å². The Labute approximate surface area is 75.9 Å². The molecule has 0 aliphatic rings. The van der Waals surface area contributed by atoms with Gasteiger partial charge < -0.3 is 9.84 Å². The molecule has 0 aromatic heterocycles. The summed E-state index contributed by atoms with van der Waals surface area (Å²) in [5.41, 5.74) is 0. The summed E-state index contributed by atoms with van der Waals surface area (Å²) in [7, 11) is 0. The molecule has 2 unspecified atom stereocenters. The lowest BCUT2D eigenvalue weighted by Crippen LogP contribution is -2.28.